The molecule has 1 saturated heterocycles. The van der Waals surface area contributed by atoms with Crippen LogP contribution in [0.4, 0.5) is 10.5 Å². The van der Waals surface area contributed by atoms with E-state index in [-0.39, 0.29) is 17.7 Å². The molecule has 1 atom stereocenters. The van der Waals surface area contributed by atoms with Gasteiger partial charge in [0.15, 0.2) is 0 Å². The van der Waals surface area contributed by atoms with Gasteiger partial charge >= 0.3 is 6.03 Å². The van der Waals surface area contributed by atoms with E-state index in [1.54, 1.807) is 21.9 Å². The van der Waals surface area contributed by atoms with Crippen molar-refractivity contribution >= 4 is 34.9 Å². The van der Waals surface area contributed by atoms with Gasteiger partial charge in [0.1, 0.15) is 6.04 Å². The van der Waals surface area contributed by atoms with E-state index in [9.17, 15) is 14.4 Å². The number of hydrogen-bond donors (Lipinski definition) is 2. The number of carbonyl (C=O) groups is 3. The second-order valence-electron chi connectivity index (χ2n) is 7.28. The van der Waals surface area contributed by atoms with Crippen molar-refractivity contribution < 1.29 is 14.4 Å². The van der Waals surface area contributed by atoms with Crippen LogP contribution in [0.5, 0.6) is 0 Å². The van der Waals surface area contributed by atoms with E-state index < -0.39 is 12.1 Å². The SMILES string of the molecule is CC(C)C(NC(=O)Nc1ccccc1)C(=O)N1CCN(C(=O)c2cccs2)CC1. The molecule has 1 aromatic heterocycles. The molecule has 3 rings (SSSR count). The Morgan fingerprint density at radius 1 is 0.931 bits per heavy atom. The molecule has 1 aliphatic rings. The second kappa shape index (κ2) is 9.56. The van der Waals surface area contributed by atoms with Crippen LogP contribution in [0, 0.1) is 5.92 Å². The largest absolute Gasteiger partial charge is 0.337 e. The third kappa shape index (κ3) is 5.35. The molecule has 8 heteroatoms. The van der Waals surface area contributed by atoms with Crippen LogP contribution >= 0.6 is 11.3 Å². The van der Waals surface area contributed by atoms with Gasteiger partial charge in [0.05, 0.1) is 4.88 Å². The van der Waals surface area contributed by atoms with Crippen LogP contribution in [0.25, 0.3) is 0 Å². The number of benzene rings is 1. The summed E-state index contributed by atoms with van der Waals surface area (Å²) < 4.78 is 0. The Labute approximate surface area is 174 Å². The molecule has 4 amide bonds. The van der Waals surface area contributed by atoms with E-state index in [0.717, 1.165) is 0 Å². The molecule has 1 fully saturated rings. The van der Waals surface area contributed by atoms with Gasteiger partial charge in [-0.25, -0.2) is 4.79 Å². The van der Waals surface area contributed by atoms with Crippen molar-refractivity contribution in [1.82, 2.24) is 15.1 Å². The van der Waals surface area contributed by atoms with Crippen LogP contribution in [-0.4, -0.2) is 59.9 Å². The maximum Gasteiger partial charge on any atom is 0.319 e. The third-order valence-electron chi connectivity index (χ3n) is 4.86. The summed E-state index contributed by atoms with van der Waals surface area (Å²) in [6, 6.07) is 11.7. The molecule has 2 aromatic rings. The molecule has 1 unspecified atom stereocenters. The average Bonchev–Trinajstić information content (AvgIpc) is 3.26. The third-order valence-corrected chi connectivity index (χ3v) is 5.72. The topological polar surface area (TPSA) is 81.8 Å². The molecule has 2 N–H and O–H groups in total. The first kappa shape index (κ1) is 20.9. The molecule has 2 heterocycles. The van der Waals surface area contributed by atoms with Gasteiger partial charge < -0.3 is 20.4 Å². The number of urea groups is 1. The minimum Gasteiger partial charge on any atom is -0.337 e. The molecule has 0 spiro atoms. The van der Waals surface area contributed by atoms with Crippen LogP contribution in [0.1, 0.15) is 23.5 Å². The normalized spacial score (nSPS) is 15.1. The quantitative estimate of drug-likeness (QED) is 0.789. The van der Waals surface area contributed by atoms with Gasteiger partial charge in [0.25, 0.3) is 5.91 Å². The monoisotopic (exact) mass is 414 g/mol. The fourth-order valence-corrected chi connectivity index (χ4v) is 3.92. The summed E-state index contributed by atoms with van der Waals surface area (Å²) in [6.07, 6.45) is 0. The van der Waals surface area contributed by atoms with E-state index in [0.29, 0.717) is 36.7 Å². The number of thiophene rings is 1. The summed E-state index contributed by atoms with van der Waals surface area (Å²) in [4.78, 5) is 42.0. The van der Waals surface area contributed by atoms with Gasteiger partial charge in [-0.2, -0.15) is 0 Å². The average molecular weight is 415 g/mol. The lowest BCUT2D eigenvalue weighted by Gasteiger charge is -2.37. The Morgan fingerprint density at radius 3 is 2.17 bits per heavy atom. The summed E-state index contributed by atoms with van der Waals surface area (Å²) in [5.74, 6) is -0.172. The predicted octanol–water partition coefficient (Wildman–Crippen LogP) is 2.88. The van der Waals surface area contributed by atoms with Gasteiger partial charge in [0.2, 0.25) is 5.91 Å². The molecule has 0 bridgehead atoms. The van der Waals surface area contributed by atoms with Crippen LogP contribution in [0.2, 0.25) is 0 Å². The lowest BCUT2D eigenvalue weighted by Crippen LogP contribution is -2.57. The zero-order valence-corrected chi connectivity index (χ0v) is 17.4. The summed E-state index contributed by atoms with van der Waals surface area (Å²) in [6.45, 7) is 5.71. The lowest BCUT2D eigenvalue weighted by molar-refractivity contribution is -0.135. The van der Waals surface area contributed by atoms with Gasteiger partial charge in [-0.05, 0) is 29.5 Å². The molecule has 29 heavy (non-hydrogen) atoms. The lowest BCUT2D eigenvalue weighted by atomic mass is 10.0. The Hall–Kier alpha value is -2.87. The Bertz CT molecular complexity index is 831. The standard InChI is InChI=1S/C21H26N4O3S/c1-15(2)18(23-21(28)22-16-7-4-3-5-8-16)20(27)25-12-10-24(11-13-25)19(26)17-9-6-14-29-17/h3-9,14-15,18H,10-13H2,1-2H3,(H2,22,23,28). The second-order valence-corrected chi connectivity index (χ2v) is 8.23. The molecule has 1 aromatic carbocycles. The van der Waals surface area contributed by atoms with Crippen LogP contribution in [0.15, 0.2) is 47.8 Å². The molecule has 7 nitrogen and oxygen atoms in total. The van der Waals surface area contributed by atoms with Crippen molar-refractivity contribution in [2.75, 3.05) is 31.5 Å². The number of para-hydroxylation sites is 1. The van der Waals surface area contributed by atoms with Crippen molar-refractivity contribution in [3.05, 3.63) is 52.7 Å². The Kier molecular flexibility index (Phi) is 6.87. The van der Waals surface area contributed by atoms with Crippen molar-refractivity contribution in [2.24, 2.45) is 5.92 Å². The first-order valence-corrected chi connectivity index (χ1v) is 10.6. The number of piperazine rings is 1. The smallest absolute Gasteiger partial charge is 0.319 e. The van der Waals surface area contributed by atoms with Gasteiger partial charge in [-0.15, -0.1) is 11.3 Å². The van der Waals surface area contributed by atoms with Crippen molar-refractivity contribution in [3.8, 4) is 0 Å². The minimum atomic E-state index is -0.627. The molecule has 0 aliphatic carbocycles. The van der Waals surface area contributed by atoms with Crippen LogP contribution < -0.4 is 10.6 Å². The highest BCUT2D eigenvalue weighted by molar-refractivity contribution is 7.12. The molecular formula is C21H26N4O3S. The molecule has 154 valence electrons. The summed E-state index contributed by atoms with van der Waals surface area (Å²) in [5.41, 5.74) is 0.667. The van der Waals surface area contributed by atoms with E-state index in [2.05, 4.69) is 10.6 Å². The number of nitrogens with zero attached hydrogens (tertiary/aromatic N) is 2. The highest BCUT2D eigenvalue weighted by Crippen LogP contribution is 2.15. The Balaban J connectivity index is 1.55. The molecule has 0 saturated carbocycles. The predicted molar refractivity (Wildman–Crippen MR) is 114 cm³/mol. The first-order chi connectivity index (χ1) is 14.0. The maximum absolute atomic E-state index is 13.0. The van der Waals surface area contributed by atoms with Gasteiger partial charge in [0, 0.05) is 31.9 Å². The van der Waals surface area contributed by atoms with Gasteiger partial charge in [-0.3, -0.25) is 9.59 Å². The van der Waals surface area contributed by atoms with Crippen LogP contribution in [-0.2, 0) is 4.79 Å². The van der Waals surface area contributed by atoms with E-state index in [1.165, 1.54) is 11.3 Å². The maximum atomic E-state index is 13.0. The fourth-order valence-electron chi connectivity index (χ4n) is 3.23. The molecule has 0 radical (unpaired) electrons. The van der Waals surface area contributed by atoms with E-state index in [1.807, 2.05) is 49.6 Å². The number of anilines is 1. The Morgan fingerprint density at radius 2 is 1.59 bits per heavy atom. The number of nitrogens with one attached hydrogen (secondary N) is 2. The fraction of sp³-hybridized carbons (Fsp3) is 0.381. The zero-order valence-electron chi connectivity index (χ0n) is 16.6. The highest BCUT2D eigenvalue weighted by Gasteiger charge is 2.32. The van der Waals surface area contributed by atoms with Gasteiger partial charge in [-0.1, -0.05) is 38.1 Å². The summed E-state index contributed by atoms with van der Waals surface area (Å²) in [7, 11) is 0. The first-order valence-electron chi connectivity index (χ1n) is 9.70. The van der Waals surface area contributed by atoms with Crippen LogP contribution in [0.3, 0.4) is 0 Å². The number of rotatable bonds is 5. The molecular weight excluding hydrogens is 388 g/mol. The van der Waals surface area contributed by atoms with Crippen molar-refractivity contribution in [1.29, 1.82) is 0 Å². The number of hydrogen-bond acceptors (Lipinski definition) is 4. The number of carbonyl (C=O) groups excluding carboxylic acids is 3. The molecule has 1 aliphatic heterocycles. The zero-order chi connectivity index (χ0) is 20.8. The number of amides is 4. The summed E-state index contributed by atoms with van der Waals surface area (Å²) >= 11 is 1.42. The highest BCUT2D eigenvalue weighted by atomic mass is 32.1. The van der Waals surface area contributed by atoms with E-state index in [4.69, 9.17) is 0 Å². The van der Waals surface area contributed by atoms with E-state index >= 15 is 0 Å². The van der Waals surface area contributed by atoms with Crippen molar-refractivity contribution in [3.63, 3.8) is 0 Å². The summed E-state index contributed by atoms with van der Waals surface area (Å²) in [5, 5.41) is 7.43. The minimum absolute atomic E-state index is 0.00729. The van der Waals surface area contributed by atoms with Crippen molar-refractivity contribution in [2.45, 2.75) is 19.9 Å².